The molecule has 2 rings (SSSR count). The van der Waals surface area contributed by atoms with Crippen molar-refractivity contribution in [1.29, 1.82) is 0 Å². The first-order valence-corrected chi connectivity index (χ1v) is 7.12. The number of benzene rings is 1. The summed E-state index contributed by atoms with van der Waals surface area (Å²) in [5.41, 5.74) is 0.126. The normalized spacial score (nSPS) is 16.7. The maximum atomic E-state index is 12.0. The average Bonchev–Trinajstić information content (AvgIpc) is 2.86. The van der Waals surface area contributed by atoms with Crippen molar-refractivity contribution in [3.05, 3.63) is 18.2 Å². The molecule has 0 atom stereocenters. The molecular formula is C11H16N2O4S. The summed E-state index contributed by atoms with van der Waals surface area (Å²) in [6, 6.07) is 4.40. The number of rotatable bonds is 4. The van der Waals surface area contributed by atoms with E-state index in [1.54, 1.807) is 6.07 Å². The Morgan fingerprint density at radius 3 is 2.61 bits per heavy atom. The number of phenolic OH excluding ortho intramolecular Hbond substituents is 1. The van der Waals surface area contributed by atoms with E-state index in [9.17, 15) is 13.5 Å². The molecule has 7 heteroatoms. The highest BCUT2D eigenvalue weighted by atomic mass is 32.2. The van der Waals surface area contributed by atoms with Crippen molar-refractivity contribution in [3.63, 3.8) is 0 Å². The van der Waals surface area contributed by atoms with Gasteiger partial charge < -0.3 is 9.84 Å². The molecule has 0 unspecified atom stereocenters. The Morgan fingerprint density at radius 2 is 2.00 bits per heavy atom. The van der Waals surface area contributed by atoms with Crippen molar-refractivity contribution in [2.24, 2.45) is 0 Å². The maximum Gasteiger partial charge on any atom is 0.301 e. The van der Waals surface area contributed by atoms with Gasteiger partial charge in [0, 0.05) is 19.2 Å². The van der Waals surface area contributed by atoms with Gasteiger partial charge in [-0.05, 0) is 25.0 Å². The van der Waals surface area contributed by atoms with Crippen molar-refractivity contribution in [3.8, 4) is 11.5 Å². The monoisotopic (exact) mass is 272 g/mol. The molecule has 100 valence electrons. The highest BCUT2D eigenvalue weighted by Gasteiger charge is 2.25. The van der Waals surface area contributed by atoms with Crippen LogP contribution in [0.2, 0.25) is 0 Å². The van der Waals surface area contributed by atoms with E-state index in [0.717, 1.165) is 12.8 Å². The van der Waals surface area contributed by atoms with Crippen LogP contribution in [0, 0.1) is 0 Å². The average molecular weight is 272 g/mol. The fourth-order valence-electron chi connectivity index (χ4n) is 1.86. The van der Waals surface area contributed by atoms with E-state index < -0.39 is 10.2 Å². The highest BCUT2D eigenvalue weighted by Crippen LogP contribution is 2.29. The van der Waals surface area contributed by atoms with Gasteiger partial charge in [0.1, 0.15) is 11.5 Å². The summed E-state index contributed by atoms with van der Waals surface area (Å²) >= 11 is 0. The highest BCUT2D eigenvalue weighted by molar-refractivity contribution is 7.90. The van der Waals surface area contributed by atoms with Crippen LogP contribution in [0.4, 0.5) is 5.69 Å². The standard InChI is InChI=1S/C11H16N2O4S/c1-17-9-4-5-11(14)10(8-9)12-18(15,16)13-6-2-3-7-13/h4-5,8,12,14H,2-3,6-7H2,1H3. The van der Waals surface area contributed by atoms with E-state index in [1.165, 1.54) is 23.5 Å². The van der Waals surface area contributed by atoms with Gasteiger partial charge in [0.2, 0.25) is 0 Å². The van der Waals surface area contributed by atoms with Crippen molar-refractivity contribution in [1.82, 2.24) is 4.31 Å². The summed E-state index contributed by atoms with van der Waals surface area (Å²) in [7, 11) is -2.12. The zero-order chi connectivity index (χ0) is 13.2. The lowest BCUT2D eigenvalue weighted by Gasteiger charge is -2.17. The quantitative estimate of drug-likeness (QED) is 0.806. The van der Waals surface area contributed by atoms with Crippen LogP contribution in [0.25, 0.3) is 0 Å². The molecule has 0 aliphatic carbocycles. The molecule has 1 aromatic carbocycles. The second-order valence-corrected chi connectivity index (χ2v) is 5.77. The summed E-state index contributed by atoms with van der Waals surface area (Å²) in [6.45, 7) is 1.03. The number of phenols is 1. The van der Waals surface area contributed by atoms with Crippen molar-refractivity contribution >= 4 is 15.9 Å². The predicted molar refractivity (Wildman–Crippen MR) is 68.0 cm³/mol. The van der Waals surface area contributed by atoms with Gasteiger partial charge in [0.05, 0.1) is 12.8 Å². The van der Waals surface area contributed by atoms with Gasteiger partial charge in [-0.15, -0.1) is 0 Å². The van der Waals surface area contributed by atoms with E-state index in [0.29, 0.717) is 18.8 Å². The van der Waals surface area contributed by atoms with Crippen LogP contribution in [0.3, 0.4) is 0 Å². The van der Waals surface area contributed by atoms with Crippen molar-refractivity contribution in [2.75, 3.05) is 24.9 Å². The molecule has 18 heavy (non-hydrogen) atoms. The number of nitrogens with one attached hydrogen (secondary N) is 1. The molecule has 1 aliphatic heterocycles. The van der Waals surface area contributed by atoms with E-state index >= 15 is 0 Å². The van der Waals surface area contributed by atoms with Crippen molar-refractivity contribution in [2.45, 2.75) is 12.8 Å². The van der Waals surface area contributed by atoms with Gasteiger partial charge in [0.15, 0.2) is 0 Å². The Bertz CT molecular complexity index is 524. The number of aromatic hydroxyl groups is 1. The molecule has 1 aliphatic rings. The summed E-state index contributed by atoms with van der Waals surface area (Å²) in [5, 5.41) is 9.64. The van der Waals surface area contributed by atoms with E-state index in [1.807, 2.05) is 0 Å². The van der Waals surface area contributed by atoms with Gasteiger partial charge in [0.25, 0.3) is 0 Å². The Morgan fingerprint density at radius 1 is 1.33 bits per heavy atom. The fraction of sp³-hybridized carbons (Fsp3) is 0.455. The van der Waals surface area contributed by atoms with Crippen LogP contribution < -0.4 is 9.46 Å². The number of methoxy groups -OCH3 is 1. The third-order valence-electron chi connectivity index (χ3n) is 2.85. The number of hydrogen-bond donors (Lipinski definition) is 2. The van der Waals surface area contributed by atoms with Crippen LogP contribution >= 0.6 is 0 Å². The topological polar surface area (TPSA) is 78.9 Å². The smallest absolute Gasteiger partial charge is 0.301 e. The number of hydrogen-bond acceptors (Lipinski definition) is 4. The third kappa shape index (κ3) is 2.68. The minimum Gasteiger partial charge on any atom is -0.506 e. The molecule has 0 amide bonds. The first-order chi connectivity index (χ1) is 8.53. The first kappa shape index (κ1) is 13.0. The molecular weight excluding hydrogens is 256 g/mol. The summed E-state index contributed by atoms with van der Waals surface area (Å²) < 4.78 is 32.8. The second kappa shape index (κ2) is 5.03. The lowest BCUT2D eigenvalue weighted by atomic mass is 10.3. The number of ether oxygens (including phenoxy) is 1. The number of nitrogens with zero attached hydrogens (tertiary/aromatic N) is 1. The molecule has 1 aromatic rings. The molecule has 1 fully saturated rings. The van der Waals surface area contributed by atoms with Crippen LogP contribution in [0.15, 0.2) is 18.2 Å². The van der Waals surface area contributed by atoms with Gasteiger partial charge in [-0.2, -0.15) is 12.7 Å². The Balaban J connectivity index is 2.22. The molecule has 2 N–H and O–H groups in total. The lowest BCUT2D eigenvalue weighted by molar-refractivity contribution is 0.413. The second-order valence-electron chi connectivity index (χ2n) is 4.10. The van der Waals surface area contributed by atoms with Gasteiger partial charge >= 0.3 is 10.2 Å². The maximum absolute atomic E-state index is 12.0. The van der Waals surface area contributed by atoms with Crippen LogP contribution in [0.1, 0.15) is 12.8 Å². The summed E-state index contributed by atoms with van der Waals surface area (Å²) in [6.07, 6.45) is 1.73. The summed E-state index contributed by atoms with van der Waals surface area (Å²) in [4.78, 5) is 0. The zero-order valence-electron chi connectivity index (χ0n) is 10.1. The minimum atomic E-state index is -3.59. The largest absolute Gasteiger partial charge is 0.506 e. The van der Waals surface area contributed by atoms with Gasteiger partial charge in [-0.3, -0.25) is 4.72 Å². The zero-order valence-corrected chi connectivity index (χ0v) is 10.9. The Hall–Kier alpha value is -1.47. The minimum absolute atomic E-state index is 0.126. The van der Waals surface area contributed by atoms with Crippen LogP contribution in [-0.2, 0) is 10.2 Å². The molecule has 1 saturated heterocycles. The van der Waals surface area contributed by atoms with Crippen molar-refractivity contribution < 1.29 is 18.3 Å². The summed E-state index contributed by atoms with van der Waals surface area (Å²) in [5.74, 6) is 0.352. The lowest BCUT2D eigenvalue weighted by Crippen LogP contribution is -2.33. The van der Waals surface area contributed by atoms with Crippen LogP contribution in [-0.4, -0.2) is 38.0 Å². The van der Waals surface area contributed by atoms with Gasteiger partial charge in [-0.25, -0.2) is 0 Å². The molecule has 0 saturated carbocycles. The van der Waals surface area contributed by atoms with Gasteiger partial charge in [-0.1, -0.05) is 0 Å². The molecule has 0 aromatic heterocycles. The Kier molecular flexibility index (Phi) is 3.63. The first-order valence-electron chi connectivity index (χ1n) is 5.68. The molecule has 0 spiro atoms. The van der Waals surface area contributed by atoms with Crippen LogP contribution in [0.5, 0.6) is 11.5 Å². The SMILES string of the molecule is COc1ccc(O)c(NS(=O)(=O)N2CCCC2)c1. The molecule has 0 radical (unpaired) electrons. The molecule has 0 bridgehead atoms. The Labute approximate surface area is 106 Å². The third-order valence-corrected chi connectivity index (χ3v) is 4.37. The van der Waals surface area contributed by atoms with E-state index in [-0.39, 0.29) is 11.4 Å². The number of anilines is 1. The van der Waals surface area contributed by atoms with E-state index in [4.69, 9.17) is 4.74 Å². The van der Waals surface area contributed by atoms with E-state index in [2.05, 4.69) is 4.72 Å². The predicted octanol–water partition coefficient (Wildman–Crippen LogP) is 1.15. The molecule has 1 heterocycles. The molecule has 6 nitrogen and oxygen atoms in total. The fourth-order valence-corrected chi connectivity index (χ4v) is 3.17.